The van der Waals surface area contributed by atoms with Gasteiger partial charge in [0, 0.05) is 25.2 Å². The number of thiazole rings is 1. The summed E-state index contributed by atoms with van der Waals surface area (Å²) < 4.78 is 2.08. The molecule has 0 aliphatic rings. The van der Waals surface area contributed by atoms with E-state index >= 15 is 0 Å². The third-order valence-corrected chi connectivity index (χ3v) is 4.42. The van der Waals surface area contributed by atoms with E-state index in [4.69, 9.17) is 11.6 Å². The zero-order valence-electron chi connectivity index (χ0n) is 11.3. The lowest BCUT2D eigenvalue weighted by Crippen LogP contribution is -2.21. The number of aromatic nitrogens is 2. The highest BCUT2D eigenvalue weighted by molar-refractivity contribution is 7.15. The summed E-state index contributed by atoms with van der Waals surface area (Å²) >= 11 is 7.72. The molecule has 2 aromatic heterocycles. The molecule has 0 saturated carbocycles. The van der Waals surface area contributed by atoms with Gasteiger partial charge in [-0.15, -0.1) is 22.9 Å². The van der Waals surface area contributed by atoms with Gasteiger partial charge >= 0.3 is 0 Å². The van der Waals surface area contributed by atoms with Crippen molar-refractivity contribution in [1.29, 1.82) is 0 Å². The Kier molecular flexibility index (Phi) is 3.94. The minimum absolute atomic E-state index is 0.475. The first kappa shape index (κ1) is 13.5. The molecule has 104 valence electrons. The molecule has 0 unspecified atom stereocenters. The zero-order valence-corrected chi connectivity index (χ0v) is 12.9. The van der Waals surface area contributed by atoms with E-state index in [0.29, 0.717) is 5.88 Å². The molecule has 3 rings (SSSR count). The third kappa shape index (κ3) is 2.53. The molecule has 2 heterocycles. The van der Waals surface area contributed by atoms with Crippen LogP contribution in [0.4, 0.5) is 5.82 Å². The van der Waals surface area contributed by atoms with Crippen LogP contribution in [0.2, 0.25) is 0 Å². The Labute approximate surface area is 127 Å². The van der Waals surface area contributed by atoms with E-state index in [-0.39, 0.29) is 0 Å². The van der Waals surface area contributed by atoms with Gasteiger partial charge in [-0.2, -0.15) is 0 Å². The van der Waals surface area contributed by atoms with E-state index in [1.807, 2.05) is 17.6 Å². The first-order valence-corrected chi connectivity index (χ1v) is 7.96. The molecular formula is C15H16ClN3S. The molecule has 0 aliphatic carbocycles. The zero-order chi connectivity index (χ0) is 13.9. The molecule has 0 amide bonds. The molecule has 0 aliphatic heterocycles. The van der Waals surface area contributed by atoms with Crippen LogP contribution in [-0.4, -0.2) is 23.0 Å². The molecule has 5 heteroatoms. The predicted molar refractivity (Wildman–Crippen MR) is 86.0 cm³/mol. The maximum absolute atomic E-state index is 6.09. The fourth-order valence-corrected chi connectivity index (χ4v) is 3.27. The van der Waals surface area contributed by atoms with Gasteiger partial charge in [0.25, 0.3) is 0 Å². The average molecular weight is 306 g/mol. The van der Waals surface area contributed by atoms with Crippen LogP contribution in [0.1, 0.15) is 11.3 Å². The van der Waals surface area contributed by atoms with Gasteiger partial charge in [0.2, 0.25) is 0 Å². The molecule has 0 N–H and O–H groups in total. The molecule has 0 spiro atoms. The lowest BCUT2D eigenvalue weighted by Gasteiger charge is -2.17. The van der Waals surface area contributed by atoms with E-state index < -0.39 is 0 Å². The second kappa shape index (κ2) is 5.85. The number of nitrogens with zero attached hydrogens (tertiary/aromatic N) is 3. The van der Waals surface area contributed by atoms with Crippen LogP contribution in [0, 0.1) is 0 Å². The lowest BCUT2D eigenvalue weighted by atomic mass is 10.1. The van der Waals surface area contributed by atoms with Crippen LogP contribution in [0.5, 0.6) is 0 Å². The molecule has 3 nitrogen and oxygen atoms in total. The van der Waals surface area contributed by atoms with E-state index in [1.165, 1.54) is 5.56 Å². The van der Waals surface area contributed by atoms with Crippen molar-refractivity contribution < 1.29 is 0 Å². The molecule has 20 heavy (non-hydrogen) atoms. The Balaban J connectivity index is 1.78. The van der Waals surface area contributed by atoms with Gasteiger partial charge in [-0.25, -0.2) is 4.98 Å². The summed E-state index contributed by atoms with van der Waals surface area (Å²) in [6.07, 6.45) is 3.03. The number of imidazole rings is 1. The first-order chi connectivity index (χ1) is 9.79. The normalized spacial score (nSPS) is 11.1. The number of benzene rings is 1. The second-order valence-electron chi connectivity index (χ2n) is 4.73. The Morgan fingerprint density at radius 3 is 2.85 bits per heavy atom. The van der Waals surface area contributed by atoms with Crippen molar-refractivity contribution in [3.8, 4) is 0 Å². The van der Waals surface area contributed by atoms with E-state index in [9.17, 15) is 0 Å². The quantitative estimate of drug-likeness (QED) is 0.668. The number of alkyl halides is 1. The monoisotopic (exact) mass is 305 g/mol. The maximum atomic E-state index is 6.09. The number of halogens is 1. The fraction of sp³-hybridized carbons (Fsp3) is 0.267. The Morgan fingerprint density at radius 1 is 1.30 bits per heavy atom. The van der Waals surface area contributed by atoms with Crippen LogP contribution in [-0.2, 0) is 12.3 Å². The van der Waals surface area contributed by atoms with Crippen molar-refractivity contribution >= 4 is 33.7 Å². The van der Waals surface area contributed by atoms with Crippen molar-refractivity contribution in [2.75, 3.05) is 18.5 Å². The Hall–Kier alpha value is -1.52. The summed E-state index contributed by atoms with van der Waals surface area (Å²) in [6.45, 7) is 0.929. The summed E-state index contributed by atoms with van der Waals surface area (Å²) in [5, 5.41) is 2.03. The molecule has 0 bridgehead atoms. The topological polar surface area (TPSA) is 20.5 Å². The summed E-state index contributed by atoms with van der Waals surface area (Å²) in [5.41, 5.74) is 2.41. The predicted octanol–water partition coefficient (Wildman–Crippen LogP) is 3.81. The number of anilines is 1. The highest BCUT2D eigenvalue weighted by Gasteiger charge is 2.15. The minimum Gasteiger partial charge on any atom is -0.358 e. The van der Waals surface area contributed by atoms with E-state index in [0.717, 1.165) is 29.4 Å². The van der Waals surface area contributed by atoms with Crippen LogP contribution in [0.25, 0.3) is 4.96 Å². The van der Waals surface area contributed by atoms with Crippen LogP contribution < -0.4 is 4.90 Å². The summed E-state index contributed by atoms with van der Waals surface area (Å²) in [4.78, 5) is 7.87. The number of hydrogen-bond acceptors (Lipinski definition) is 3. The molecule has 0 saturated heterocycles. The molecular weight excluding hydrogens is 290 g/mol. The Morgan fingerprint density at radius 2 is 2.10 bits per heavy atom. The Bertz CT molecular complexity index is 690. The van der Waals surface area contributed by atoms with Crippen molar-refractivity contribution in [3.05, 3.63) is 53.2 Å². The summed E-state index contributed by atoms with van der Waals surface area (Å²) in [7, 11) is 2.07. The van der Waals surface area contributed by atoms with Gasteiger partial charge in [-0.1, -0.05) is 30.3 Å². The van der Waals surface area contributed by atoms with E-state index in [1.54, 1.807) is 11.3 Å². The van der Waals surface area contributed by atoms with Crippen molar-refractivity contribution in [1.82, 2.24) is 9.38 Å². The number of rotatable bonds is 5. The second-order valence-corrected chi connectivity index (χ2v) is 5.87. The first-order valence-electron chi connectivity index (χ1n) is 6.55. The van der Waals surface area contributed by atoms with Gasteiger partial charge in [0.1, 0.15) is 0 Å². The summed E-state index contributed by atoms with van der Waals surface area (Å²) in [5.74, 6) is 1.46. The molecule has 3 aromatic rings. The van der Waals surface area contributed by atoms with Crippen LogP contribution in [0.15, 0.2) is 41.9 Å². The fourth-order valence-electron chi connectivity index (χ4n) is 2.30. The number of fused-ring (bicyclic) bond motifs is 1. The highest BCUT2D eigenvalue weighted by Crippen LogP contribution is 2.25. The SMILES string of the molecule is CN(CCc1ccccc1)c1nc2sccn2c1CCl. The van der Waals surface area contributed by atoms with Crippen molar-refractivity contribution in [3.63, 3.8) is 0 Å². The lowest BCUT2D eigenvalue weighted by molar-refractivity contribution is 0.857. The van der Waals surface area contributed by atoms with Crippen LogP contribution in [0.3, 0.4) is 0 Å². The van der Waals surface area contributed by atoms with Gasteiger partial charge < -0.3 is 4.90 Å². The maximum Gasteiger partial charge on any atom is 0.195 e. The number of hydrogen-bond donors (Lipinski definition) is 0. The molecule has 0 fully saturated rings. The smallest absolute Gasteiger partial charge is 0.195 e. The number of likely N-dealkylation sites (N-methyl/N-ethyl adjacent to an activating group) is 1. The third-order valence-electron chi connectivity index (χ3n) is 3.41. The molecule has 0 atom stereocenters. The largest absolute Gasteiger partial charge is 0.358 e. The van der Waals surface area contributed by atoms with Crippen molar-refractivity contribution in [2.45, 2.75) is 12.3 Å². The standard InChI is InChI=1S/C15H16ClN3S/c1-18(8-7-12-5-3-2-4-6-12)14-13(11-16)19-9-10-20-15(19)17-14/h2-6,9-10H,7-8,11H2,1H3. The van der Waals surface area contributed by atoms with Crippen LogP contribution >= 0.6 is 22.9 Å². The van der Waals surface area contributed by atoms with Gasteiger partial charge in [0.05, 0.1) is 11.6 Å². The van der Waals surface area contributed by atoms with Gasteiger partial charge in [-0.3, -0.25) is 4.40 Å². The average Bonchev–Trinajstić information content (AvgIpc) is 3.06. The highest BCUT2D eigenvalue weighted by atomic mass is 35.5. The van der Waals surface area contributed by atoms with Gasteiger partial charge in [0.15, 0.2) is 10.8 Å². The van der Waals surface area contributed by atoms with Gasteiger partial charge in [-0.05, 0) is 12.0 Å². The minimum atomic E-state index is 0.475. The molecule has 0 radical (unpaired) electrons. The molecule has 1 aromatic carbocycles. The summed E-state index contributed by atoms with van der Waals surface area (Å²) in [6, 6.07) is 10.5. The van der Waals surface area contributed by atoms with Crippen molar-refractivity contribution in [2.24, 2.45) is 0 Å². The van der Waals surface area contributed by atoms with E-state index in [2.05, 4.69) is 45.6 Å².